The zero-order valence-corrected chi connectivity index (χ0v) is 10.7. The molecule has 1 saturated heterocycles. The number of hydrogen-bond acceptors (Lipinski definition) is 4. The van der Waals surface area contributed by atoms with Crippen LogP contribution in [0.25, 0.3) is 5.78 Å². The molecule has 2 aromatic heterocycles. The summed E-state index contributed by atoms with van der Waals surface area (Å²) in [7, 11) is 0. The van der Waals surface area contributed by atoms with Gasteiger partial charge >= 0.3 is 0 Å². The molecule has 3 heterocycles. The van der Waals surface area contributed by atoms with Crippen molar-refractivity contribution in [1.29, 1.82) is 0 Å². The second kappa shape index (κ2) is 3.18. The Labute approximate surface area is 100 Å². The van der Waals surface area contributed by atoms with Crippen molar-refractivity contribution >= 4 is 11.6 Å². The zero-order chi connectivity index (χ0) is 12.2. The van der Waals surface area contributed by atoms with Crippen molar-refractivity contribution in [3.63, 3.8) is 0 Å². The lowest BCUT2D eigenvalue weighted by Crippen LogP contribution is -2.54. The second-order valence-electron chi connectivity index (χ2n) is 5.64. The first-order chi connectivity index (χ1) is 7.98. The van der Waals surface area contributed by atoms with E-state index in [4.69, 9.17) is 0 Å². The summed E-state index contributed by atoms with van der Waals surface area (Å²) in [4.78, 5) is 11.0. The van der Waals surface area contributed by atoms with Crippen LogP contribution in [0.15, 0.2) is 6.33 Å². The zero-order valence-electron chi connectivity index (χ0n) is 10.7. The Bertz CT molecular complexity index is 576. The summed E-state index contributed by atoms with van der Waals surface area (Å²) in [6.45, 7) is 10.8. The summed E-state index contributed by atoms with van der Waals surface area (Å²) in [5.41, 5.74) is 2.62. The molecule has 0 unspecified atom stereocenters. The van der Waals surface area contributed by atoms with E-state index in [0.29, 0.717) is 11.2 Å². The molecule has 90 valence electrons. The number of fused-ring (bicyclic) bond motifs is 1. The van der Waals surface area contributed by atoms with E-state index in [1.807, 2.05) is 11.4 Å². The first kappa shape index (κ1) is 10.5. The highest BCUT2D eigenvalue weighted by molar-refractivity contribution is 5.55. The van der Waals surface area contributed by atoms with Crippen molar-refractivity contribution in [3.05, 3.63) is 17.6 Å². The van der Waals surface area contributed by atoms with Gasteiger partial charge in [-0.1, -0.05) is 13.8 Å². The highest BCUT2D eigenvalue weighted by atomic mass is 15.4. The average Bonchev–Trinajstić information content (AvgIpc) is 2.63. The summed E-state index contributed by atoms with van der Waals surface area (Å²) >= 11 is 0. The van der Waals surface area contributed by atoms with E-state index >= 15 is 0 Å². The maximum Gasteiger partial charge on any atom is 0.254 e. The van der Waals surface area contributed by atoms with Crippen LogP contribution in [0.1, 0.15) is 25.1 Å². The molecule has 0 aliphatic carbocycles. The van der Waals surface area contributed by atoms with Crippen LogP contribution in [0, 0.1) is 19.3 Å². The molecular weight excluding hydrogens is 214 g/mol. The monoisotopic (exact) mass is 231 g/mol. The molecule has 2 aromatic rings. The van der Waals surface area contributed by atoms with Gasteiger partial charge in [-0.3, -0.25) is 0 Å². The van der Waals surface area contributed by atoms with Crippen molar-refractivity contribution in [2.24, 2.45) is 5.41 Å². The fourth-order valence-electron chi connectivity index (χ4n) is 2.52. The molecule has 0 N–H and O–H groups in total. The van der Waals surface area contributed by atoms with Crippen LogP contribution in [-0.4, -0.2) is 32.7 Å². The Hall–Kier alpha value is -1.65. The van der Waals surface area contributed by atoms with Gasteiger partial charge < -0.3 is 4.90 Å². The third-order valence-corrected chi connectivity index (χ3v) is 3.41. The average molecular weight is 231 g/mol. The van der Waals surface area contributed by atoms with Crippen LogP contribution in [0.5, 0.6) is 0 Å². The summed E-state index contributed by atoms with van der Waals surface area (Å²) < 4.78 is 1.84. The number of hydrogen-bond donors (Lipinski definition) is 0. The first-order valence-electron chi connectivity index (χ1n) is 5.90. The van der Waals surface area contributed by atoms with Crippen LogP contribution in [-0.2, 0) is 0 Å². The molecular formula is C12H17N5. The van der Waals surface area contributed by atoms with E-state index in [1.54, 1.807) is 6.33 Å². The summed E-state index contributed by atoms with van der Waals surface area (Å²) in [6.07, 6.45) is 1.57. The van der Waals surface area contributed by atoms with E-state index in [-0.39, 0.29) is 0 Å². The maximum absolute atomic E-state index is 4.44. The highest BCUT2D eigenvalue weighted by Gasteiger charge is 2.36. The van der Waals surface area contributed by atoms with E-state index < -0.39 is 0 Å². The number of anilines is 1. The quantitative estimate of drug-likeness (QED) is 0.747. The van der Waals surface area contributed by atoms with Crippen molar-refractivity contribution < 1.29 is 0 Å². The van der Waals surface area contributed by atoms with Gasteiger partial charge in [-0.2, -0.15) is 14.6 Å². The molecule has 1 aliphatic rings. The molecule has 3 rings (SSSR count). The number of aromatic nitrogens is 4. The van der Waals surface area contributed by atoms with Gasteiger partial charge in [0.15, 0.2) is 0 Å². The van der Waals surface area contributed by atoms with E-state index in [9.17, 15) is 0 Å². The Morgan fingerprint density at radius 3 is 2.59 bits per heavy atom. The fraction of sp³-hybridized carbons (Fsp3) is 0.583. The molecule has 0 atom stereocenters. The third kappa shape index (κ3) is 1.49. The lowest BCUT2D eigenvalue weighted by Gasteiger charge is -2.47. The first-order valence-corrected chi connectivity index (χ1v) is 5.90. The van der Waals surface area contributed by atoms with Gasteiger partial charge in [-0.05, 0) is 19.3 Å². The van der Waals surface area contributed by atoms with Crippen molar-refractivity contribution in [2.45, 2.75) is 27.7 Å². The minimum atomic E-state index is 0.399. The molecule has 1 fully saturated rings. The number of aryl methyl sites for hydroxylation is 1. The smallest absolute Gasteiger partial charge is 0.254 e. The van der Waals surface area contributed by atoms with Gasteiger partial charge in [0.1, 0.15) is 12.1 Å². The lowest BCUT2D eigenvalue weighted by molar-refractivity contribution is 0.273. The van der Waals surface area contributed by atoms with E-state index in [1.165, 1.54) is 5.56 Å². The fourth-order valence-corrected chi connectivity index (χ4v) is 2.52. The van der Waals surface area contributed by atoms with Crippen molar-refractivity contribution in [1.82, 2.24) is 19.6 Å². The van der Waals surface area contributed by atoms with Gasteiger partial charge in [-0.15, -0.1) is 0 Å². The predicted molar refractivity (Wildman–Crippen MR) is 66.3 cm³/mol. The standard InChI is InChI=1S/C12H17N5/c1-8-9(2)15-11-13-7-14-17(11)10(8)16-5-12(3,4)6-16/h7H,5-6H2,1-4H3. The van der Waals surface area contributed by atoms with Gasteiger partial charge in [0, 0.05) is 24.3 Å². The molecule has 0 aromatic carbocycles. The second-order valence-corrected chi connectivity index (χ2v) is 5.64. The van der Waals surface area contributed by atoms with E-state index in [0.717, 1.165) is 24.6 Å². The molecule has 0 spiro atoms. The van der Waals surface area contributed by atoms with Gasteiger partial charge in [-0.25, -0.2) is 4.98 Å². The minimum absolute atomic E-state index is 0.399. The Balaban J connectivity index is 2.14. The lowest BCUT2D eigenvalue weighted by atomic mass is 9.84. The topological polar surface area (TPSA) is 46.3 Å². The molecule has 5 heteroatoms. The van der Waals surface area contributed by atoms with Crippen LogP contribution < -0.4 is 4.90 Å². The summed E-state index contributed by atoms with van der Waals surface area (Å²) in [5, 5.41) is 4.27. The normalized spacial score (nSPS) is 18.5. The SMILES string of the molecule is Cc1nc2ncnn2c(N2CC(C)(C)C2)c1C. The Morgan fingerprint density at radius 2 is 1.94 bits per heavy atom. The summed E-state index contributed by atoms with van der Waals surface area (Å²) in [6, 6.07) is 0. The van der Waals surface area contributed by atoms with Gasteiger partial charge in [0.25, 0.3) is 5.78 Å². The number of nitrogens with zero attached hydrogens (tertiary/aromatic N) is 5. The Kier molecular flexibility index (Phi) is 1.97. The molecule has 5 nitrogen and oxygen atoms in total. The predicted octanol–water partition coefficient (Wildman–Crippen LogP) is 1.59. The molecule has 0 saturated carbocycles. The highest BCUT2D eigenvalue weighted by Crippen LogP contribution is 2.35. The minimum Gasteiger partial charge on any atom is -0.355 e. The molecule has 17 heavy (non-hydrogen) atoms. The largest absolute Gasteiger partial charge is 0.355 e. The summed E-state index contributed by atoms with van der Waals surface area (Å²) in [5.74, 6) is 1.83. The van der Waals surface area contributed by atoms with Crippen LogP contribution in [0.3, 0.4) is 0 Å². The van der Waals surface area contributed by atoms with Crippen molar-refractivity contribution in [2.75, 3.05) is 18.0 Å². The van der Waals surface area contributed by atoms with Crippen LogP contribution >= 0.6 is 0 Å². The third-order valence-electron chi connectivity index (χ3n) is 3.41. The maximum atomic E-state index is 4.44. The van der Waals surface area contributed by atoms with E-state index in [2.05, 4.69) is 40.7 Å². The van der Waals surface area contributed by atoms with Crippen molar-refractivity contribution in [3.8, 4) is 0 Å². The molecule has 0 amide bonds. The van der Waals surface area contributed by atoms with Crippen LogP contribution in [0.4, 0.5) is 5.82 Å². The molecule has 0 bridgehead atoms. The van der Waals surface area contributed by atoms with Gasteiger partial charge in [0.2, 0.25) is 0 Å². The number of rotatable bonds is 1. The Morgan fingerprint density at radius 1 is 1.24 bits per heavy atom. The van der Waals surface area contributed by atoms with Gasteiger partial charge in [0.05, 0.1) is 0 Å². The van der Waals surface area contributed by atoms with Crippen LogP contribution in [0.2, 0.25) is 0 Å². The molecule has 1 aliphatic heterocycles. The molecule has 0 radical (unpaired) electrons.